The Labute approximate surface area is 234 Å². The van der Waals surface area contributed by atoms with E-state index in [-0.39, 0.29) is 0 Å². The molecule has 0 fully saturated rings. The van der Waals surface area contributed by atoms with Crippen molar-refractivity contribution in [3.05, 3.63) is 142 Å². The Hall–Kier alpha value is -4.96. The van der Waals surface area contributed by atoms with Crippen LogP contribution in [0.4, 0.5) is 0 Å². The molecular formula is C36H28N4. The van der Waals surface area contributed by atoms with Crippen LogP contribution in [0.25, 0.3) is 22.3 Å². The first kappa shape index (κ1) is 24.1. The van der Waals surface area contributed by atoms with Crippen LogP contribution in [0.5, 0.6) is 0 Å². The molecule has 192 valence electrons. The second-order valence-corrected chi connectivity index (χ2v) is 10.5. The molecule has 0 N–H and O–H groups in total. The highest BCUT2D eigenvalue weighted by Gasteiger charge is 2.27. The van der Waals surface area contributed by atoms with Crippen LogP contribution in [0.1, 0.15) is 49.9 Å². The molecule has 3 aliphatic carbocycles. The molecule has 0 saturated heterocycles. The van der Waals surface area contributed by atoms with Gasteiger partial charge in [0.15, 0.2) is 0 Å². The van der Waals surface area contributed by atoms with Crippen molar-refractivity contribution < 1.29 is 0 Å². The largest absolute Gasteiger partial charge is 0.150 e. The van der Waals surface area contributed by atoms with E-state index in [0.29, 0.717) is 0 Å². The SMILES string of the molecule is CC1=C(C)C(=NN=C2c3ccccc3-c3ccccc32)C(C)=C(C)C1=NN=C1c2ccccc2-c2ccccc21. The molecule has 0 atom stereocenters. The fourth-order valence-electron chi connectivity index (χ4n) is 5.98. The fraction of sp³-hybridized carbons (Fsp3) is 0.111. The van der Waals surface area contributed by atoms with Crippen molar-refractivity contribution in [1.82, 2.24) is 0 Å². The van der Waals surface area contributed by atoms with Gasteiger partial charge in [-0.3, -0.25) is 0 Å². The Morgan fingerprint density at radius 1 is 0.275 bits per heavy atom. The lowest BCUT2D eigenvalue weighted by Gasteiger charge is -2.21. The molecule has 40 heavy (non-hydrogen) atoms. The minimum atomic E-state index is 0.896. The average Bonchev–Trinajstić information content (AvgIpc) is 3.49. The highest BCUT2D eigenvalue weighted by molar-refractivity contribution is 6.29. The standard InChI is InChI=1S/C36H28N4/c1-21-22(2)34(38-40-36-31-19-11-7-15-27(31)28-16-8-12-20-32(28)36)24(4)23(3)33(21)37-39-35-29-17-9-5-13-25(29)26-14-6-10-18-30(26)35/h5-20H,1-4H3. The number of fused-ring (bicyclic) bond motifs is 6. The monoisotopic (exact) mass is 516 g/mol. The normalized spacial score (nSPS) is 15.1. The van der Waals surface area contributed by atoms with Gasteiger partial charge in [-0.1, -0.05) is 97.1 Å². The van der Waals surface area contributed by atoms with Crippen molar-refractivity contribution in [2.75, 3.05) is 0 Å². The number of rotatable bonds is 2. The van der Waals surface area contributed by atoms with Crippen LogP contribution in [0.3, 0.4) is 0 Å². The quantitative estimate of drug-likeness (QED) is 0.164. The van der Waals surface area contributed by atoms with Crippen LogP contribution in [0, 0.1) is 0 Å². The van der Waals surface area contributed by atoms with E-state index in [1.54, 1.807) is 0 Å². The van der Waals surface area contributed by atoms with Crippen molar-refractivity contribution in [2.24, 2.45) is 20.4 Å². The first-order chi connectivity index (χ1) is 19.5. The van der Waals surface area contributed by atoms with Gasteiger partial charge in [-0.15, -0.1) is 20.4 Å². The Balaban J connectivity index is 1.31. The number of hydrogen-bond donors (Lipinski definition) is 0. The lowest BCUT2D eigenvalue weighted by atomic mass is 9.86. The maximum atomic E-state index is 4.86. The molecule has 0 aliphatic heterocycles. The van der Waals surface area contributed by atoms with Crippen molar-refractivity contribution in [2.45, 2.75) is 27.7 Å². The molecule has 3 aliphatic rings. The van der Waals surface area contributed by atoms with Gasteiger partial charge >= 0.3 is 0 Å². The highest BCUT2D eigenvalue weighted by Crippen LogP contribution is 2.38. The van der Waals surface area contributed by atoms with Crippen LogP contribution in [-0.2, 0) is 0 Å². The molecule has 4 aromatic rings. The van der Waals surface area contributed by atoms with Crippen LogP contribution in [0.2, 0.25) is 0 Å². The summed E-state index contributed by atoms with van der Waals surface area (Å²) in [7, 11) is 0. The lowest BCUT2D eigenvalue weighted by Crippen LogP contribution is -2.20. The fourth-order valence-corrected chi connectivity index (χ4v) is 5.98. The zero-order valence-electron chi connectivity index (χ0n) is 23.0. The summed E-state index contributed by atoms with van der Waals surface area (Å²) in [5.74, 6) is 0. The van der Waals surface area contributed by atoms with Crippen molar-refractivity contribution in [1.29, 1.82) is 0 Å². The first-order valence-electron chi connectivity index (χ1n) is 13.6. The van der Waals surface area contributed by atoms with E-state index >= 15 is 0 Å². The van der Waals surface area contributed by atoms with Crippen molar-refractivity contribution in [3.8, 4) is 22.3 Å². The predicted molar refractivity (Wildman–Crippen MR) is 167 cm³/mol. The van der Waals surface area contributed by atoms with Crippen molar-refractivity contribution in [3.63, 3.8) is 0 Å². The summed E-state index contributed by atoms with van der Waals surface area (Å²) < 4.78 is 0. The van der Waals surface area contributed by atoms with Gasteiger partial charge < -0.3 is 0 Å². The van der Waals surface area contributed by atoms with Gasteiger partial charge in [0.05, 0.1) is 11.4 Å². The van der Waals surface area contributed by atoms with E-state index < -0.39 is 0 Å². The van der Waals surface area contributed by atoms with Crippen molar-refractivity contribution >= 4 is 22.8 Å². The molecule has 4 aromatic carbocycles. The summed E-state index contributed by atoms with van der Waals surface area (Å²) in [6.45, 7) is 8.40. The number of benzene rings is 4. The zero-order valence-corrected chi connectivity index (χ0v) is 23.0. The Morgan fingerprint density at radius 3 is 0.725 bits per heavy atom. The summed E-state index contributed by atoms with van der Waals surface area (Å²) >= 11 is 0. The molecule has 4 heteroatoms. The zero-order chi connectivity index (χ0) is 27.4. The van der Waals surface area contributed by atoms with E-state index in [0.717, 1.165) is 67.4 Å². The smallest absolute Gasteiger partial charge is 0.101 e. The predicted octanol–water partition coefficient (Wildman–Crippen LogP) is 8.42. The molecule has 7 rings (SSSR count). The maximum absolute atomic E-state index is 4.86. The van der Waals surface area contributed by atoms with E-state index in [1.165, 1.54) is 22.3 Å². The van der Waals surface area contributed by atoms with Gasteiger partial charge in [0, 0.05) is 22.3 Å². The molecular weight excluding hydrogens is 488 g/mol. The van der Waals surface area contributed by atoms with E-state index in [2.05, 4.69) is 125 Å². The van der Waals surface area contributed by atoms with Gasteiger partial charge in [0.2, 0.25) is 0 Å². The Morgan fingerprint density at radius 2 is 0.475 bits per heavy atom. The second kappa shape index (κ2) is 9.35. The third-order valence-corrected chi connectivity index (χ3v) is 8.35. The lowest BCUT2D eigenvalue weighted by molar-refractivity contribution is 1.17. The van der Waals surface area contributed by atoms with Crippen LogP contribution >= 0.6 is 0 Å². The topological polar surface area (TPSA) is 49.4 Å². The second-order valence-electron chi connectivity index (χ2n) is 10.5. The minimum Gasteiger partial charge on any atom is -0.150 e. The van der Waals surface area contributed by atoms with Gasteiger partial charge in [0.1, 0.15) is 11.4 Å². The maximum Gasteiger partial charge on any atom is 0.101 e. The summed E-state index contributed by atoms with van der Waals surface area (Å²) in [4.78, 5) is 0. The van der Waals surface area contributed by atoms with E-state index in [1.807, 2.05) is 0 Å². The Bertz CT molecular complexity index is 1660. The van der Waals surface area contributed by atoms with E-state index in [4.69, 9.17) is 20.4 Å². The molecule has 0 spiro atoms. The minimum absolute atomic E-state index is 0.896. The molecule has 4 nitrogen and oxygen atoms in total. The third-order valence-electron chi connectivity index (χ3n) is 8.35. The summed E-state index contributed by atoms with van der Waals surface area (Å²) in [5.41, 5.74) is 17.2. The van der Waals surface area contributed by atoms with E-state index in [9.17, 15) is 0 Å². The molecule has 0 unspecified atom stereocenters. The first-order valence-corrected chi connectivity index (χ1v) is 13.6. The summed E-state index contributed by atoms with van der Waals surface area (Å²) in [5, 5.41) is 19.4. The number of nitrogens with zero attached hydrogens (tertiary/aromatic N) is 4. The Kier molecular flexibility index (Phi) is 5.64. The van der Waals surface area contributed by atoms with Crippen LogP contribution in [0.15, 0.2) is 140 Å². The summed E-state index contributed by atoms with van der Waals surface area (Å²) in [6, 6.07) is 33.7. The van der Waals surface area contributed by atoms with Gasteiger partial charge in [0.25, 0.3) is 0 Å². The van der Waals surface area contributed by atoms with Gasteiger partial charge in [-0.2, -0.15) is 0 Å². The van der Waals surface area contributed by atoms with Crippen LogP contribution < -0.4 is 0 Å². The average molecular weight is 517 g/mol. The summed E-state index contributed by atoms with van der Waals surface area (Å²) in [6.07, 6.45) is 0. The molecule has 0 saturated carbocycles. The molecule has 0 aromatic heterocycles. The molecule has 0 amide bonds. The highest BCUT2D eigenvalue weighted by atomic mass is 15.2. The molecule has 0 heterocycles. The van der Waals surface area contributed by atoms with Crippen LogP contribution in [-0.4, -0.2) is 22.8 Å². The third kappa shape index (κ3) is 3.60. The molecule has 0 radical (unpaired) electrons. The number of hydrogen-bond acceptors (Lipinski definition) is 4. The van der Waals surface area contributed by atoms with Gasteiger partial charge in [-0.25, -0.2) is 0 Å². The molecule has 0 bridgehead atoms. The number of allylic oxidation sites excluding steroid dienone is 4. The van der Waals surface area contributed by atoms with Gasteiger partial charge in [-0.05, 0) is 72.2 Å².